The molecule has 0 fully saturated rings. The van der Waals surface area contributed by atoms with E-state index in [0.717, 1.165) is 12.6 Å². The zero-order valence-electron chi connectivity index (χ0n) is 14.4. The summed E-state index contributed by atoms with van der Waals surface area (Å²) in [5, 5.41) is 26.3. The smallest absolute Gasteiger partial charge is 0.274 e. The van der Waals surface area contributed by atoms with Crippen molar-refractivity contribution in [2.24, 2.45) is 0 Å². The number of tetrazole rings is 1. The summed E-state index contributed by atoms with van der Waals surface area (Å²) in [4.78, 5) is 40.8. The molecule has 2 N–H and O–H groups in total. The van der Waals surface area contributed by atoms with E-state index in [1.165, 1.54) is 21.8 Å². The van der Waals surface area contributed by atoms with Crippen LogP contribution >= 0.6 is 11.3 Å². The van der Waals surface area contributed by atoms with Gasteiger partial charge in [-0.1, -0.05) is 29.8 Å². The number of fused-ring (bicyclic) bond motifs is 3. The van der Waals surface area contributed by atoms with Gasteiger partial charge in [0.15, 0.2) is 4.96 Å². The molecule has 0 radical (unpaired) electrons. The molecule has 0 unspecified atom stereocenters. The molecule has 0 atom stereocenters. The third-order valence-corrected chi connectivity index (χ3v) is 5.09. The summed E-state index contributed by atoms with van der Waals surface area (Å²) < 4.78 is 1.88. The highest BCUT2D eigenvalue weighted by atomic mass is 32.1. The quantitative estimate of drug-likeness (QED) is 0.376. The lowest BCUT2D eigenvalue weighted by Crippen LogP contribution is -2.26. The first-order valence-corrected chi connectivity index (χ1v) is 8.98. The number of nitrogens with one attached hydrogen (secondary N) is 2. The minimum Gasteiger partial charge on any atom is -0.289 e. The lowest BCUT2D eigenvalue weighted by Gasteiger charge is -2.03. The summed E-state index contributed by atoms with van der Waals surface area (Å²) in [6, 6.07) is 3.06. The van der Waals surface area contributed by atoms with E-state index in [0.29, 0.717) is 27.2 Å². The number of rotatable bonds is 5. The molecule has 28 heavy (non-hydrogen) atoms. The van der Waals surface area contributed by atoms with Crippen LogP contribution in [0, 0.1) is 10.1 Å². The molecule has 0 aliphatic heterocycles. The molecule has 4 rings (SSSR count). The van der Waals surface area contributed by atoms with Gasteiger partial charge in [0, 0.05) is 17.8 Å². The summed E-state index contributed by atoms with van der Waals surface area (Å²) in [6.45, 7) is 1.93. The number of aromatic amines is 1. The lowest BCUT2D eigenvalue weighted by molar-refractivity contribution is -0.385. The number of carbonyl (C=O) groups is 1. The van der Waals surface area contributed by atoms with Gasteiger partial charge in [0.05, 0.1) is 15.1 Å². The van der Waals surface area contributed by atoms with Gasteiger partial charge < -0.3 is 0 Å². The fourth-order valence-electron chi connectivity index (χ4n) is 2.86. The molecule has 0 aliphatic rings. The second-order valence-electron chi connectivity index (χ2n) is 5.86. The number of H-pyrrole nitrogens is 1. The standard InChI is InChI=1S/C15H12N8O4S/c1-2-3-7-4-11-10(5-9(7)23(26)27)22-13(25)8(6-16-15(22)28-11)12(24)17-14-18-20-21-19-14/h4-6H,2-3H2,1H3,(H2,17,18,19,20,21,24). The maximum Gasteiger partial charge on any atom is 0.274 e. The van der Waals surface area contributed by atoms with E-state index >= 15 is 0 Å². The first kappa shape index (κ1) is 17.7. The summed E-state index contributed by atoms with van der Waals surface area (Å²) in [6.07, 6.45) is 2.45. The van der Waals surface area contributed by atoms with Crippen molar-refractivity contribution in [2.45, 2.75) is 19.8 Å². The number of aromatic nitrogens is 6. The van der Waals surface area contributed by atoms with Crippen LogP contribution in [0.4, 0.5) is 11.6 Å². The van der Waals surface area contributed by atoms with Gasteiger partial charge in [0.2, 0.25) is 5.95 Å². The Morgan fingerprint density at radius 3 is 2.93 bits per heavy atom. The van der Waals surface area contributed by atoms with Crippen LogP contribution in [0.3, 0.4) is 0 Å². The Hall–Kier alpha value is -3.74. The minimum atomic E-state index is -0.748. The summed E-state index contributed by atoms with van der Waals surface area (Å²) in [5.74, 6) is -0.772. The van der Waals surface area contributed by atoms with Crippen LogP contribution in [0.15, 0.2) is 23.1 Å². The van der Waals surface area contributed by atoms with E-state index in [1.54, 1.807) is 6.07 Å². The van der Waals surface area contributed by atoms with Crippen LogP contribution in [-0.2, 0) is 6.42 Å². The summed E-state index contributed by atoms with van der Waals surface area (Å²) >= 11 is 1.22. The molecule has 1 aromatic carbocycles. The number of nitro benzene ring substituents is 1. The SMILES string of the molecule is CCCc1cc2sc3ncc(C(=O)Nc4nnn[nH]4)c(=O)n3c2cc1[N+](=O)[O-]. The van der Waals surface area contributed by atoms with Gasteiger partial charge in [-0.25, -0.2) is 14.5 Å². The molecule has 142 valence electrons. The van der Waals surface area contributed by atoms with Gasteiger partial charge in [0.1, 0.15) is 5.56 Å². The van der Waals surface area contributed by atoms with Crippen molar-refractivity contribution in [2.75, 3.05) is 5.32 Å². The van der Waals surface area contributed by atoms with Crippen LogP contribution in [0.5, 0.6) is 0 Å². The number of hydrogen-bond donors (Lipinski definition) is 2. The molecule has 0 saturated heterocycles. The normalized spacial score (nSPS) is 11.2. The van der Waals surface area contributed by atoms with Crippen molar-refractivity contribution in [1.82, 2.24) is 30.0 Å². The Morgan fingerprint density at radius 1 is 1.43 bits per heavy atom. The molecule has 1 amide bonds. The highest BCUT2D eigenvalue weighted by Gasteiger charge is 2.21. The zero-order chi connectivity index (χ0) is 19.8. The van der Waals surface area contributed by atoms with E-state index in [2.05, 4.69) is 30.9 Å². The second kappa shape index (κ2) is 6.77. The topological polar surface area (TPSA) is 161 Å². The van der Waals surface area contributed by atoms with Gasteiger partial charge in [0.25, 0.3) is 17.2 Å². The Balaban J connectivity index is 1.90. The third-order valence-electron chi connectivity index (χ3n) is 4.07. The first-order valence-electron chi connectivity index (χ1n) is 8.16. The van der Waals surface area contributed by atoms with Crippen LogP contribution < -0.4 is 10.9 Å². The maximum atomic E-state index is 12.9. The fraction of sp³-hybridized carbons (Fsp3) is 0.200. The monoisotopic (exact) mass is 400 g/mol. The average molecular weight is 400 g/mol. The molecular weight excluding hydrogens is 388 g/mol. The Kier molecular flexibility index (Phi) is 4.27. The molecular formula is C15H12N8O4S. The zero-order valence-corrected chi connectivity index (χ0v) is 15.2. The Bertz CT molecular complexity index is 1280. The highest BCUT2D eigenvalue weighted by molar-refractivity contribution is 7.23. The van der Waals surface area contributed by atoms with E-state index in [-0.39, 0.29) is 17.2 Å². The van der Waals surface area contributed by atoms with Crippen molar-refractivity contribution >= 4 is 44.1 Å². The van der Waals surface area contributed by atoms with E-state index in [1.807, 2.05) is 6.92 Å². The molecule has 0 aliphatic carbocycles. The molecule has 0 saturated carbocycles. The minimum absolute atomic E-state index is 0.0236. The first-order chi connectivity index (χ1) is 13.5. The largest absolute Gasteiger partial charge is 0.289 e. The van der Waals surface area contributed by atoms with Crippen LogP contribution in [-0.4, -0.2) is 40.8 Å². The van der Waals surface area contributed by atoms with Crippen molar-refractivity contribution in [1.29, 1.82) is 0 Å². The summed E-state index contributed by atoms with van der Waals surface area (Å²) in [7, 11) is 0. The van der Waals surface area contributed by atoms with Gasteiger partial charge in [-0.15, -0.1) is 0 Å². The van der Waals surface area contributed by atoms with Crippen LogP contribution in [0.25, 0.3) is 15.2 Å². The van der Waals surface area contributed by atoms with Crippen molar-refractivity contribution in [3.63, 3.8) is 0 Å². The molecule has 0 spiro atoms. The number of nitrogens with zero attached hydrogens (tertiary/aromatic N) is 6. The predicted octanol–water partition coefficient (Wildman–Crippen LogP) is 1.54. The molecule has 0 bridgehead atoms. The number of carbonyl (C=O) groups excluding carboxylic acids is 1. The Labute approximate surface area is 159 Å². The Morgan fingerprint density at radius 2 is 2.25 bits per heavy atom. The molecule has 3 heterocycles. The lowest BCUT2D eigenvalue weighted by atomic mass is 10.1. The van der Waals surface area contributed by atoms with Crippen molar-refractivity contribution in [3.05, 3.63) is 49.9 Å². The summed E-state index contributed by atoms with van der Waals surface area (Å²) in [5.41, 5.74) is -0.0217. The number of amides is 1. The highest BCUT2D eigenvalue weighted by Crippen LogP contribution is 2.31. The molecule has 13 heteroatoms. The molecule has 3 aromatic heterocycles. The van der Waals surface area contributed by atoms with E-state index < -0.39 is 16.4 Å². The van der Waals surface area contributed by atoms with Crippen molar-refractivity contribution < 1.29 is 9.72 Å². The van der Waals surface area contributed by atoms with E-state index in [9.17, 15) is 19.7 Å². The van der Waals surface area contributed by atoms with Crippen LogP contribution in [0.1, 0.15) is 29.3 Å². The average Bonchev–Trinajstić information content (AvgIpc) is 3.28. The van der Waals surface area contributed by atoms with Crippen molar-refractivity contribution in [3.8, 4) is 0 Å². The number of thiazole rings is 1. The number of hydrogen-bond acceptors (Lipinski definition) is 9. The predicted molar refractivity (Wildman–Crippen MR) is 99.6 cm³/mol. The molecule has 4 aromatic rings. The van der Waals surface area contributed by atoms with Crippen LogP contribution in [0.2, 0.25) is 0 Å². The number of nitro groups is 1. The van der Waals surface area contributed by atoms with Gasteiger partial charge in [-0.3, -0.25) is 25.0 Å². The fourth-order valence-corrected chi connectivity index (χ4v) is 3.89. The number of benzene rings is 1. The van der Waals surface area contributed by atoms with Gasteiger partial charge in [-0.05, 0) is 22.9 Å². The third kappa shape index (κ3) is 2.87. The number of aryl methyl sites for hydroxylation is 1. The van der Waals surface area contributed by atoms with Gasteiger partial charge >= 0.3 is 0 Å². The molecule has 12 nitrogen and oxygen atoms in total. The van der Waals surface area contributed by atoms with Gasteiger partial charge in [-0.2, -0.15) is 0 Å². The van der Waals surface area contributed by atoms with E-state index in [4.69, 9.17) is 0 Å². The number of anilines is 1. The maximum absolute atomic E-state index is 12.9. The second-order valence-corrected chi connectivity index (χ2v) is 6.87.